The lowest BCUT2D eigenvalue weighted by atomic mass is 10.0. The molecule has 0 bridgehead atoms. The molecule has 0 saturated heterocycles. The molecule has 1 unspecified atom stereocenters. The van der Waals surface area contributed by atoms with Crippen LogP contribution >= 0.6 is 11.3 Å². The molecule has 0 amide bonds. The second-order valence-electron chi connectivity index (χ2n) is 5.02. The molecule has 2 heterocycles. The van der Waals surface area contributed by atoms with E-state index in [2.05, 4.69) is 52.5 Å². The third-order valence-electron chi connectivity index (χ3n) is 3.58. The number of likely N-dealkylation sites (N-methyl/N-ethyl adjacent to an activating group) is 1. The van der Waals surface area contributed by atoms with Crippen molar-refractivity contribution < 1.29 is 0 Å². The summed E-state index contributed by atoms with van der Waals surface area (Å²) in [6, 6.07) is 15.2. The summed E-state index contributed by atoms with van der Waals surface area (Å²) in [7, 11) is 2.03. The Morgan fingerprint density at radius 2 is 2.00 bits per heavy atom. The summed E-state index contributed by atoms with van der Waals surface area (Å²) in [4.78, 5) is 4.75. The number of para-hydroxylation sites is 1. The van der Waals surface area contributed by atoms with Gasteiger partial charge in [-0.05, 0) is 48.0 Å². The second-order valence-corrected chi connectivity index (χ2v) is 5.80. The molecule has 1 N–H and O–H groups in total. The van der Waals surface area contributed by atoms with Gasteiger partial charge in [-0.2, -0.15) is 11.3 Å². The summed E-state index contributed by atoms with van der Waals surface area (Å²) in [5, 5.41) is 8.96. The molecule has 3 aromatic rings. The lowest BCUT2D eigenvalue weighted by Gasteiger charge is -2.15. The van der Waals surface area contributed by atoms with Crippen LogP contribution in [0.4, 0.5) is 0 Å². The average molecular weight is 282 g/mol. The number of thiophene rings is 1. The van der Waals surface area contributed by atoms with Crippen molar-refractivity contribution in [3.05, 3.63) is 64.5 Å². The standard InChI is InChI=1S/C17H18N2S/c1-18-16(10-13-8-9-20-12-13)11-15-7-6-14-4-2-3-5-17(14)19-15/h2-9,12,16,18H,10-11H2,1H3. The van der Waals surface area contributed by atoms with Gasteiger partial charge in [0.15, 0.2) is 0 Å². The smallest absolute Gasteiger partial charge is 0.0705 e. The SMILES string of the molecule is CNC(Cc1ccsc1)Cc1ccc2ccccc2n1. The largest absolute Gasteiger partial charge is 0.316 e. The van der Waals surface area contributed by atoms with E-state index in [-0.39, 0.29) is 0 Å². The predicted octanol–water partition coefficient (Wildman–Crippen LogP) is 3.67. The first-order valence-electron chi connectivity index (χ1n) is 6.88. The Morgan fingerprint density at radius 1 is 1.10 bits per heavy atom. The van der Waals surface area contributed by atoms with Gasteiger partial charge in [-0.1, -0.05) is 24.3 Å². The Balaban J connectivity index is 1.76. The predicted molar refractivity (Wildman–Crippen MR) is 86.3 cm³/mol. The summed E-state index contributed by atoms with van der Waals surface area (Å²) in [6.07, 6.45) is 2.01. The van der Waals surface area contributed by atoms with Crippen molar-refractivity contribution in [2.24, 2.45) is 0 Å². The van der Waals surface area contributed by atoms with E-state index in [0.29, 0.717) is 6.04 Å². The Hall–Kier alpha value is -1.71. The van der Waals surface area contributed by atoms with E-state index in [9.17, 15) is 0 Å². The molecule has 0 saturated carbocycles. The van der Waals surface area contributed by atoms with E-state index in [4.69, 9.17) is 4.98 Å². The van der Waals surface area contributed by atoms with Crippen molar-refractivity contribution in [1.29, 1.82) is 0 Å². The molecule has 2 nitrogen and oxygen atoms in total. The van der Waals surface area contributed by atoms with Crippen LogP contribution in [0.2, 0.25) is 0 Å². The van der Waals surface area contributed by atoms with Crippen LogP contribution in [0.5, 0.6) is 0 Å². The third kappa shape index (κ3) is 3.06. The molecule has 0 radical (unpaired) electrons. The quantitative estimate of drug-likeness (QED) is 0.772. The maximum absolute atomic E-state index is 4.75. The van der Waals surface area contributed by atoms with Gasteiger partial charge in [0.2, 0.25) is 0 Å². The lowest BCUT2D eigenvalue weighted by Crippen LogP contribution is -2.30. The maximum Gasteiger partial charge on any atom is 0.0705 e. The van der Waals surface area contributed by atoms with E-state index >= 15 is 0 Å². The van der Waals surface area contributed by atoms with E-state index in [1.807, 2.05) is 13.1 Å². The molecule has 1 atom stereocenters. The van der Waals surface area contributed by atoms with Crippen LogP contribution in [0.25, 0.3) is 10.9 Å². The fourth-order valence-electron chi connectivity index (χ4n) is 2.44. The first-order valence-corrected chi connectivity index (χ1v) is 7.82. The lowest BCUT2D eigenvalue weighted by molar-refractivity contribution is 0.552. The molecule has 0 spiro atoms. The first-order chi connectivity index (χ1) is 9.85. The summed E-state index contributed by atoms with van der Waals surface area (Å²) >= 11 is 1.76. The fourth-order valence-corrected chi connectivity index (χ4v) is 3.13. The van der Waals surface area contributed by atoms with Crippen LogP contribution in [0, 0.1) is 0 Å². The van der Waals surface area contributed by atoms with E-state index < -0.39 is 0 Å². The molecule has 3 rings (SSSR count). The van der Waals surface area contributed by atoms with Gasteiger partial charge in [0.05, 0.1) is 5.52 Å². The van der Waals surface area contributed by atoms with Gasteiger partial charge < -0.3 is 5.32 Å². The van der Waals surface area contributed by atoms with Gasteiger partial charge >= 0.3 is 0 Å². The normalized spacial score (nSPS) is 12.7. The number of hydrogen-bond acceptors (Lipinski definition) is 3. The molecule has 102 valence electrons. The van der Waals surface area contributed by atoms with Crippen LogP contribution in [-0.2, 0) is 12.8 Å². The highest BCUT2D eigenvalue weighted by Gasteiger charge is 2.10. The summed E-state index contributed by atoms with van der Waals surface area (Å²) in [5.74, 6) is 0. The summed E-state index contributed by atoms with van der Waals surface area (Å²) in [5.41, 5.74) is 3.63. The van der Waals surface area contributed by atoms with Crippen LogP contribution in [-0.4, -0.2) is 18.1 Å². The van der Waals surface area contributed by atoms with Gasteiger partial charge in [0.1, 0.15) is 0 Å². The highest BCUT2D eigenvalue weighted by molar-refractivity contribution is 7.07. The Morgan fingerprint density at radius 3 is 2.80 bits per heavy atom. The van der Waals surface area contributed by atoms with Crippen LogP contribution < -0.4 is 5.32 Å². The molecule has 2 aromatic heterocycles. The molecule has 0 aliphatic carbocycles. The molecule has 20 heavy (non-hydrogen) atoms. The van der Waals surface area contributed by atoms with Crippen LogP contribution in [0.15, 0.2) is 53.2 Å². The topological polar surface area (TPSA) is 24.9 Å². The van der Waals surface area contributed by atoms with E-state index in [1.54, 1.807) is 11.3 Å². The zero-order chi connectivity index (χ0) is 13.8. The molecule has 0 aliphatic rings. The summed E-state index contributed by atoms with van der Waals surface area (Å²) < 4.78 is 0. The van der Waals surface area contributed by atoms with Crippen molar-refractivity contribution >= 4 is 22.2 Å². The van der Waals surface area contributed by atoms with Crippen LogP contribution in [0.3, 0.4) is 0 Å². The van der Waals surface area contributed by atoms with Crippen molar-refractivity contribution in [3.63, 3.8) is 0 Å². The van der Waals surface area contributed by atoms with Crippen LogP contribution in [0.1, 0.15) is 11.3 Å². The van der Waals surface area contributed by atoms with Crippen molar-refractivity contribution in [2.45, 2.75) is 18.9 Å². The summed E-state index contributed by atoms with van der Waals surface area (Å²) in [6.45, 7) is 0. The molecular formula is C17H18N2S. The minimum atomic E-state index is 0.429. The van der Waals surface area contributed by atoms with Gasteiger partial charge in [-0.15, -0.1) is 0 Å². The van der Waals surface area contributed by atoms with E-state index in [1.165, 1.54) is 10.9 Å². The first kappa shape index (κ1) is 13.3. The Kier molecular flexibility index (Phi) is 4.09. The van der Waals surface area contributed by atoms with Gasteiger partial charge in [0.25, 0.3) is 0 Å². The number of rotatable bonds is 5. The number of fused-ring (bicyclic) bond motifs is 1. The fraction of sp³-hybridized carbons (Fsp3) is 0.235. The van der Waals surface area contributed by atoms with Crippen molar-refractivity contribution in [2.75, 3.05) is 7.05 Å². The second kappa shape index (κ2) is 6.16. The molecule has 1 aromatic carbocycles. The number of benzene rings is 1. The minimum absolute atomic E-state index is 0.429. The average Bonchev–Trinajstić information content (AvgIpc) is 2.99. The molecular weight excluding hydrogens is 264 g/mol. The Bertz CT molecular complexity index is 676. The zero-order valence-electron chi connectivity index (χ0n) is 11.5. The van der Waals surface area contributed by atoms with Crippen molar-refractivity contribution in [3.8, 4) is 0 Å². The number of hydrogen-bond donors (Lipinski definition) is 1. The maximum atomic E-state index is 4.75. The highest BCUT2D eigenvalue weighted by Crippen LogP contribution is 2.15. The molecule has 0 aliphatic heterocycles. The minimum Gasteiger partial charge on any atom is -0.316 e. The van der Waals surface area contributed by atoms with E-state index in [0.717, 1.165) is 24.1 Å². The van der Waals surface area contributed by atoms with Gasteiger partial charge in [-0.25, -0.2) is 0 Å². The number of nitrogens with zero attached hydrogens (tertiary/aromatic N) is 1. The number of pyridine rings is 1. The molecule has 0 fully saturated rings. The van der Waals surface area contributed by atoms with Gasteiger partial charge in [-0.3, -0.25) is 4.98 Å². The number of aromatic nitrogens is 1. The number of nitrogens with one attached hydrogen (secondary N) is 1. The van der Waals surface area contributed by atoms with Crippen molar-refractivity contribution in [1.82, 2.24) is 10.3 Å². The third-order valence-corrected chi connectivity index (χ3v) is 4.31. The van der Waals surface area contributed by atoms with Gasteiger partial charge in [0, 0.05) is 23.5 Å². The Labute approximate surface area is 123 Å². The monoisotopic (exact) mass is 282 g/mol. The molecule has 3 heteroatoms. The zero-order valence-corrected chi connectivity index (χ0v) is 12.4. The highest BCUT2D eigenvalue weighted by atomic mass is 32.1.